The lowest BCUT2D eigenvalue weighted by atomic mass is 10.0. The SMILES string of the molecule is COc1ccc(C(=O)Oc2cc(C)c3c(c2)O/C(=C\c2c(F)cccc2Cl)C3=O)cc1OC. The molecule has 0 saturated heterocycles. The van der Waals surface area contributed by atoms with Crippen molar-refractivity contribution in [3.63, 3.8) is 0 Å². The maximum absolute atomic E-state index is 14.1. The molecule has 0 aliphatic carbocycles. The minimum atomic E-state index is -0.631. The number of halogens is 2. The Bertz CT molecular complexity index is 1290. The van der Waals surface area contributed by atoms with Gasteiger partial charge in [-0.25, -0.2) is 9.18 Å². The van der Waals surface area contributed by atoms with Crippen LogP contribution in [-0.4, -0.2) is 26.0 Å². The number of methoxy groups -OCH3 is 2. The number of ether oxygens (including phenoxy) is 4. The van der Waals surface area contributed by atoms with Crippen LogP contribution in [0.3, 0.4) is 0 Å². The zero-order valence-corrected chi connectivity index (χ0v) is 18.7. The molecule has 0 unspecified atom stereocenters. The minimum Gasteiger partial charge on any atom is -0.493 e. The summed E-state index contributed by atoms with van der Waals surface area (Å²) in [6.45, 7) is 1.69. The number of carbonyl (C=O) groups excluding carboxylic acids is 2. The average Bonchev–Trinajstić information content (AvgIpc) is 3.11. The molecule has 0 aromatic heterocycles. The van der Waals surface area contributed by atoms with Crippen LogP contribution in [0.5, 0.6) is 23.0 Å². The Kier molecular flexibility index (Phi) is 6.07. The highest BCUT2D eigenvalue weighted by molar-refractivity contribution is 6.32. The number of rotatable bonds is 5. The summed E-state index contributed by atoms with van der Waals surface area (Å²) >= 11 is 6.05. The Hall–Kier alpha value is -3.84. The molecule has 1 heterocycles. The summed E-state index contributed by atoms with van der Waals surface area (Å²) in [6.07, 6.45) is 1.26. The van der Waals surface area contributed by atoms with Crippen LogP contribution in [-0.2, 0) is 0 Å². The Balaban J connectivity index is 1.62. The van der Waals surface area contributed by atoms with E-state index in [4.69, 9.17) is 30.5 Å². The molecule has 0 N–H and O–H groups in total. The van der Waals surface area contributed by atoms with Gasteiger partial charge in [0.25, 0.3) is 0 Å². The van der Waals surface area contributed by atoms with E-state index in [0.29, 0.717) is 22.6 Å². The van der Waals surface area contributed by atoms with E-state index in [1.165, 1.54) is 50.6 Å². The quantitative estimate of drug-likeness (QED) is 0.274. The molecule has 0 saturated carbocycles. The molecule has 0 fully saturated rings. The number of esters is 1. The maximum atomic E-state index is 14.1. The molecular formula is C25H18ClFO6. The molecule has 3 aromatic rings. The summed E-state index contributed by atoms with van der Waals surface area (Å²) in [6, 6.07) is 11.8. The molecule has 3 aromatic carbocycles. The van der Waals surface area contributed by atoms with Crippen LogP contribution in [0.15, 0.2) is 54.3 Å². The van der Waals surface area contributed by atoms with Crippen LogP contribution in [0.1, 0.15) is 31.8 Å². The van der Waals surface area contributed by atoms with Crippen molar-refractivity contribution in [2.75, 3.05) is 14.2 Å². The van der Waals surface area contributed by atoms with Crippen molar-refractivity contribution in [1.82, 2.24) is 0 Å². The zero-order chi connectivity index (χ0) is 23.7. The Morgan fingerprint density at radius 2 is 1.82 bits per heavy atom. The van der Waals surface area contributed by atoms with Crippen LogP contribution >= 0.6 is 11.6 Å². The summed E-state index contributed by atoms with van der Waals surface area (Å²) in [7, 11) is 2.96. The average molecular weight is 469 g/mol. The number of carbonyl (C=O) groups is 2. The molecule has 1 aliphatic heterocycles. The normalized spacial score (nSPS) is 13.5. The van der Waals surface area contributed by atoms with Crippen molar-refractivity contribution in [3.05, 3.63) is 87.4 Å². The summed E-state index contributed by atoms with van der Waals surface area (Å²) in [5.74, 6) is -0.464. The van der Waals surface area contributed by atoms with Crippen LogP contribution in [0.4, 0.5) is 4.39 Å². The maximum Gasteiger partial charge on any atom is 0.343 e. The number of aryl methyl sites for hydroxylation is 1. The molecule has 0 radical (unpaired) electrons. The molecule has 0 spiro atoms. The molecule has 168 valence electrons. The Morgan fingerprint density at radius 1 is 1.06 bits per heavy atom. The van der Waals surface area contributed by atoms with E-state index >= 15 is 0 Å². The number of Topliss-reactive ketones (excluding diaryl/α,β-unsaturated/α-hetero) is 1. The summed E-state index contributed by atoms with van der Waals surface area (Å²) in [5.41, 5.74) is 1.14. The van der Waals surface area contributed by atoms with Crippen LogP contribution in [0.2, 0.25) is 5.02 Å². The fraction of sp³-hybridized carbons (Fsp3) is 0.120. The van der Waals surface area contributed by atoms with Gasteiger partial charge in [0.2, 0.25) is 5.78 Å². The molecule has 6 nitrogen and oxygen atoms in total. The summed E-state index contributed by atoms with van der Waals surface area (Å²) < 4.78 is 35.7. The molecule has 0 amide bonds. The van der Waals surface area contributed by atoms with Crippen LogP contribution < -0.4 is 18.9 Å². The molecular weight excluding hydrogens is 451 g/mol. The summed E-state index contributed by atoms with van der Waals surface area (Å²) in [5, 5.41) is 0.149. The second kappa shape index (κ2) is 8.96. The lowest BCUT2D eigenvalue weighted by Gasteiger charge is -2.10. The first-order chi connectivity index (χ1) is 15.8. The highest BCUT2D eigenvalue weighted by Gasteiger charge is 2.31. The van der Waals surface area contributed by atoms with Gasteiger partial charge in [-0.2, -0.15) is 0 Å². The van der Waals surface area contributed by atoms with Gasteiger partial charge in [0.15, 0.2) is 17.3 Å². The number of allylic oxidation sites excluding steroid dienone is 1. The van der Waals surface area contributed by atoms with Crippen molar-refractivity contribution < 1.29 is 32.9 Å². The third-order valence-electron chi connectivity index (χ3n) is 5.05. The van der Waals surface area contributed by atoms with Gasteiger partial charge in [0, 0.05) is 11.6 Å². The highest BCUT2D eigenvalue weighted by atomic mass is 35.5. The van der Waals surface area contributed by atoms with E-state index in [2.05, 4.69) is 0 Å². The molecule has 0 atom stereocenters. The molecule has 8 heteroatoms. The van der Waals surface area contributed by atoms with E-state index in [-0.39, 0.29) is 33.4 Å². The smallest absolute Gasteiger partial charge is 0.343 e. The van der Waals surface area contributed by atoms with Gasteiger partial charge >= 0.3 is 5.97 Å². The van der Waals surface area contributed by atoms with E-state index in [1.807, 2.05) is 0 Å². The molecule has 33 heavy (non-hydrogen) atoms. The van der Waals surface area contributed by atoms with Crippen molar-refractivity contribution in [2.45, 2.75) is 6.92 Å². The van der Waals surface area contributed by atoms with Gasteiger partial charge in [-0.05, 0) is 55.0 Å². The predicted octanol–water partition coefficient (Wildman–Crippen LogP) is 5.64. The number of benzene rings is 3. The fourth-order valence-electron chi connectivity index (χ4n) is 3.45. The van der Waals surface area contributed by atoms with Crippen LogP contribution in [0, 0.1) is 12.7 Å². The first kappa shape index (κ1) is 22.4. The Morgan fingerprint density at radius 3 is 2.52 bits per heavy atom. The third kappa shape index (κ3) is 4.27. The van der Waals surface area contributed by atoms with Crippen molar-refractivity contribution in [1.29, 1.82) is 0 Å². The van der Waals surface area contributed by atoms with Gasteiger partial charge in [-0.3, -0.25) is 4.79 Å². The second-order valence-electron chi connectivity index (χ2n) is 7.15. The summed E-state index contributed by atoms with van der Waals surface area (Å²) in [4.78, 5) is 25.5. The van der Waals surface area contributed by atoms with E-state index in [0.717, 1.165) is 0 Å². The lowest BCUT2D eigenvalue weighted by molar-refractivity contribution is 0.0734. The molecule has 0 bridgehead atoms. The van der Waals surface area contributed by atoms with Crippen molar-refractivity contribution >= 4 is 29.4 Å². The topological polar surface area (TPSA) is 71.1 Å². The standard InChI is InChI=1S/C25H18ClFO6/c1-13-9-15(32-25(29)14-7-8-19(30-2)20(10-14)31-3)11-21-23(13)24(28)22(33-21)12-16-17(26)5-4-6-18(16)27/h4-12H,1-3H3/b22-12-. The minimum absolute atomic E-state index is 0.0491. The monoisotopic (exact) mass is 468 g/mol. The first-order valence-corrected chi connectivity index (χ1v) is 10.2. The number of hydrogen-bond acceptors (Lipinski definition) is 6. The highest BCUT2D eigenvalue weighted by Crippen LogP contribution is 2.38. The van der Waals surface area contributed by atoms with E-state index in [9.17, 15) is 14.0 Å². The zero-order valence-electron chi connectivity index (χ0n) is 17.9. The van der Waals surface area contributed by atoms with Gasteiger partial charge in [-0.1, -0.05) is 17.7 Å². The largest absolute Gasteiger partial charge is 0.493 e. The Labute approximate surface area is 194 Å². The van der Waals surface area contributed by atoms with Gasteiger partial charge in [0.05, 0.1) is 30.4 Å². The lowest BCUT2D eigenvalue weighted by Crippen LogP contribution is -2.09. The molecule has 4 rings (SSSR count). The van der Waals surface area contributed by atoms with Crippen molar-refractivity contribution in [2.24, 2.45) is 0 Å². The predicted molar refractivity (Wildman–Crippen MR) is 120 cm³/mol. The number of hydrogen-bond donors (Lipinski definition) is 0. The van der Waals surface area contributed by atoms with E-state index < -0.39 is 17.6 Å². The van der Waals surface area contributed by atoms with Gasteiger partial charge < -0.3 is 18.9 Å². The van der Waals surface area contributed by atoms with Gasteiger partial charge in [-0.15, -0.1) is 0 Å². The third-order valence-corrected chi connectivity index (χ3v) is 5.38. The van der Waals surface area contributed by atoms with Gasteiger partial charge in [0.1, 0.15) is 17.3 Å². The van der Waals surface area contributed by atoms with E-state index in [1.54, 1.807) is 25.1 Å². The van der Waals surface area contributed by atoms with Crippen molar-refractivity contribution in [3.8, 4) is 23.0 Å². The second-order valence-corrected chi connectivity index (χ2v) is 7.55. The number of fused-ring (bicyclic) bond motifs is 1. The first-order valence-electron chi connectivity index (χ1n) is 9.79. The van der Waals surface area contributed by atoms with Crippen LogP contribution in [0.25, 0.3) is 6.08 Å². The number of ketones is 1. The molecule has 1 aliphatic rings. The fourth-order valence-corrected chi connectivity index (χ4v) is 3.66.